The number of carbonyl (C=O) groups excluding carboxylic acids is 1. The fraction of sp³-hybridized carbons (Fsp3) is 0.217. The zero-order valence-electron chi connectivity index (χ0n) is 18.0. The summed E-state index contributed by atoms with van der Waals surface area (Å²) in [5, 5.41) is 3.71. The predicted molar refractivity (Wildman–Crippen MR) is 122 cm³/mol. The van der Waals surface area contributed by atoms with E-state index >= 15 is 0 Å². The number of anilines is 2. The highest BCUT2D eigenvalue weighted by Crippen LogP contribution is 2.45. The molecule has 0 saturated carbocycles. The highest BCUT2D eigenvalue weighted by Gasteiger charge is 2.41. The maximum absolute atomic E-state index is 13.5. The van der Waals surface area contributed by atoms with E-state index in [2.05, 4.69) is 10.3 Å². The fourth-order valence-corrected chi connectivity index (χ4v) is 3.92. The summed E-state index contributed by atoms with van der Waals surface area (Å²) in [6.45, 7) is 0. The Bertz CT molecular complexity index is 1170. The van der Waals surface area contributed by atoms with Gasteiger partial charge in [0, 0.05) is 24.4 Å². The van der Waals surface area contributed by atoms with Crippen molar-refractivity contribution in [3.63, 3.8) is 0 Å². The fourth-order valence-electron chi connectivity index (χ4n) is 3.67. The molecule has 0 fully saturated rings. The highest BCUT2D eigenvalue weighted by molar-refractivity contribution is 6.33. The molecule has 3 aromatic rings. The van der Waals surface area contributed by atoms with Crippen LogP contribution in [0.15, 0.2) is 48.7 Å². The second-order valence-corrected chi connectivity index (χ2v) is 7.29. The van der Waals surface area contributed by atoms with Crippen LogP contribution in [-0.4, -0.2) is 39.3 Å². The van der Waals surface area contributed by atoms with E-state index in [1.807, 2.05) is 0 Å². The van der Waals surface area contributed by atoms with Crippen LogP contribution in [0.2, 0.25) is 5.02 Å². The Morgan fingerprint density at radius 3 is 2.38 bits per heavy atom. The Balaban J connectivity index is 1.87. The molecule has 4 rings (SSSR count). The molecule has 1 aliphatic rings. The van der Waals surface area contributed by atoms with Gasteiger partial charge in [-0.2, -0.15) is 0 Å². The number of methoxy groups -OCH3 is 4. The molecule has 9 heteroatoms. The molecular formula is C23H22ClN3O5. The van der Waals surface area contributed by atoms with Crippen molar-refractivity contribution in [2.45, 2.75) is 6.17 Å². The third-order valence-electron chi connectivity index (χ3n) is 5.21. The molecular weight excluding hydrogens is 434 g/mol. The van der Waals surface area contributed by atoms with Crippen LogP contribution in [0.25, 0.3) is 0 Å². The summed E-state index contributed by atoms with van der Waals surface area (Å²) in [6, 6.07) is 12.1. The molecule has 1 aromatic heterocycles. The minimum Gasteiger partial charge on any atom is -0.497 e. The topological polar surface area (TPSA) is 82.2 Å². The first kappa shape index (κ1) is 21.6. The van der Waals surface area contributed by atoms with Gasteiger partial charge in [0.15, 0.2) is 6.17 Å². The van der Waals surface area contributed by atoms with E-state index in [9.17, 15) is 4.79 Å². The van der Waals surface area contributed by atoms with Gasteiger partial charge < -0.3 is 24.3 Å². The molecule has 0 spiro atoms. The summed E-state index contributed by atoms with van der Waals surface area (Å²) in [4.78, 5) is 19.5. The van der Waals surface area contributed by atoms with E-state index < -0.39 is 6.17 Å². The highest BCUT2D eigenvalue weighted by atomic mass is 35.5. The van der Waals surface area contributed by atoms with Crippen molar-refractivity contribution in [2.24, 2.45) is 0 Å². The molecule has 1 atom stereocenters. The average Bonchev–Trinajstić information content (AvgIpc) is 3.11. The predicted octanol–water partition coefficient (Wildman–Crippen LogP) is 4.54. The molecule has 2 heterocycles. The number of aromatic nitrogens is 1. The maximum Gasteiger partial charge on any atom is 0.262 e. The lowest BCUT2D eigenvalue weighted by atomic mass is 10.2. The first-order valence-electron chi connectivity index (χ1n) is 9.71. The zero-order valence-corrected chi connectivity index (χ0v) is 18.8. The Hall–Kier alpha value is -3.65. The number of benzene rings is 2. The molecule has 0 saturated heterocycles. The van der Waals surface area contributed by atoms with Crippen molar-refractivity contribution < 1.29 is 23.7 Å². The van der Waals surface area contributed by atoms with E-state index in [-0.39, 0.29) is 5.91 Å². The van der Waals surface area contributed by atoms with Gasteiger partial charge in [0.25, 0.3) is 5.91 Å². The lowest BCUT2D eigenvalue weighted by Crippen LogP contribution is -2.33. The first-order chi connectivity index (χ1) is 15.5. The van der Waals surface area contributed by atoms with Crippen LogP contribution < -0.4 is 29.2 Å². The van der Waals surface area contributed by atoms with Crippen molar-refractivity contribution in [2.75, 3.05) is 38.7 Å². The molecule has 1 aliphatic heterocycles. The molecule has 0 bridgehead atoms. The summed E-state index contributed by atoms with van der Waals surface area (Å²) in [5.74, 6) is 1.86. The summed E-state index contributed by atoms with van der Waals surface area (Å²) < 4.78 is 21.7. The number of fused-ring (bicyclic) bond motifs is 1. The third-order valence-corrected chi connectivity index (χ3v) is 5.51. The normalized spacial score (nSPS) is 14.7. The lowest BCUT2D eigenvalue weighted by molar-refractivity contribution is 0.0992. The standard InChI is InChI=1S/C23H22ClN3O5/c1-29-13-7-8-18(31-3)17(11-13)27-22(20-15(23(27)28)6-5-9-25-20)26-21-16(24)10-14(30-2)12-19(21)32-4/h5-12,22,26H,1-4H3. The Morgan fingerprint density at radius 2 is 1.69 bits per heavy atom. The van der Waals surface area contributed by atoms with Crippen molar-refractivity contribution in [1.82, 2.24) is 4.98 Å². The number of pyridine rings is 1. The van der Waals surface area contributed by atoms with Gasteiger partial charge in [0.1, 0.15) is 23.0 Å². The Labute approximate surface area is 190 Å². The molecule has 8 nitrogen and oxygen atoms in total. The number of hydrogen-bond donors (Lipinski definition) is 1. The number of nitrogens with zero attached hydrogens (tertiary/aromatic N) is 2. The van der Waals surface area contributed by atoms with Gasteiger partial charge in [-0.05, 0) is 24.3 Å². The van der Waals surface area contributed by atoms with Crippen LogP contribution in [0.5, 0.6) is 23.0 Å². The molecule has 1 unspecified atom stereocenters. The number of hydrogen-bond acceptors (Lipinski definition) is 7. The quantitative estimate of drug-likeness (QED) is 0.560. The number of carbonyl (C=O) groups is 1. The van der Waals surface area contributed by atoms with Crippen molar-refractivity contribution in [3.05, 3.63) is 64.9 Å². The van der Waals surface area contributed by atoms with Gasteiger partial charge >= 0.3 is 0 Å². The number of halogens is 1. The van der Waals surface area contributed by atoms with Gasteiger partial charge in [-0.3, -0.25) is 14.7 Å². The van der Waals surface area contributed by atoms with Crippen molar-refractivity contribution >= 4 is 28.9 Å². The van der Waals surface area contributed by atoms with E-state index in [1.54, 1.807) is 74.9 Å². The SMILES string of the molecule is COc1cc(Cl)c(NC2c3ncccc3C(=O)N2c2cc(OC)ccc2OC)c(OC)c1. The van der Waals surface area contributed by atoms with Gasteiger partial charge in [-0.15, -0.1) is 0 Å². The molecule has 2 aromatic carbocycles. The second-order valence-electron chi connectivity index (χ2n) is 6.88. The van der Waals surface area contributed by atoms with Gasteiger partial charge in [-0.25, -0.2) is 0 Å². The van der Waals surface area contributed by atoms with Crippen LogP contribution in [0.1, 0.15) is 22.2 Å². The summed E-state index contributed by atoms with van der Waals surface area (Å²) in [7, 11) is 6.18. The van der Waals surface area contributed by atoms with E-state index in [0.29, 0.717) is 50.7 Å². The monoisotopic (exact) mass is 455 g/mol. The molecule has 32 heavy (non-hydrogen) atoms. The minimum absolute atomic E-state index is 0.235. The number of rotatable bonds is 7. The third kappa shape index (κ3) is 3.62. The summed E-state index contributed by atoms with van der Waals surface area (Å²) in [6.07, 6.45) is 0.958. The second kappa shape index (κ2) is 8.84. The smallest absolute Gasteiger partial charge is 0.262 e. The Morgan fingerprint density at radius 1 is 0.938 bits per heavy atom. The molecule has 1 N–H and O–H groups in total. The minimum atomic E-state index is -0.681. The van der Waals surface area contributed by atoms with Gasteiger partial charge in [0.05, 0.1) is 56.1 Å². The van der Waals surface area contributed by atoms with Crippen LogP contribution >= 0.6 is 11.6 Å². The maximum atomic E-state index is 13.5. The largest absolute Gasteiger partial charge is 0.497 e. The van der Waals surface area contributed by atoms with Crippen molar-refractivity contribution in [1.29, 1.82) is 0 Å². The van der Waals surface area contributed by atoms with E-state index in [1.165, 1.54) is 7.11 Å². The first-order valence-corrected chi connectivity index (χ1v) is 10.1. The van der Waals surface area contributed by atoms with Gasteiger partial charge in [0.2, 0.25) is 0 Å². The summed E-state index contributed by atoms with van der Waals surface area (Å²) >= 11 is 6.54. The zero-order chi connectivity index (χ0) is 22.8. The Kier molecular flexibility index (Phi) is 5.96. The number of ether oxygens (including phenoxy) is 4. The summed E-state index contributed by atoms with van der Waals surface area (Å²) in [5.41, 5.74) is 2.05. The number of nitrogens with one attached hydrogen (secondary N) is 1. The molecule has 0 radical (unpaired) electrons. The van der Waals surface area contributed by atoms with E-state index in [0.717, 1.165) is 0 Å². The van der Waals surface area contributed by atoms with E-state index in [4.69, 9.17) is 30.5 Å². The van der Waals surface area contributed by atoms with Crippen LogP contribution in [-0.2, 0) is 0 Å². The van der Waals surface area contributed by atoms with Crippen LogP contribution in [0.4, 0.5) is 11.4 Å². The molecule has 1 amide bonds. The van der Waals surface area contributed by atoms with Gasteiger partial charge in [-0.1, -0.05) is 11.6 Å². The average molecular weight is 456 g/mol. The van der Waals surface area contributed by atoms with Crippen molar-refractivity contribution in [3.8, 4) is 23.0 Å². The molecule has 166 valence electrons. The lowest BCUT2D eigenvalue weighted by Gasteiger charge is -2.29. The molecule has 0 aliphatic carbocycles. The van der Waals surface area contributed by atoms with Crippen LogP contribution in [0.3, 0.4) is 0 Å². The van der Waals surface area contributed by atoms with Crippen LogP contribution in [0, 0.1) is 0 Å². The number of amides is 1.